The lowest BCUT2D eigenvalue weighted by molar-refractivity contribution is -0.118. The molecule has 0 aromatic heterocycles. The van der Waals surface area contributed by atoms with Crippen LogP contribution in [0.4, 0.5) is 5.69 Å². The number of halogens is 3. The summed E-state index contributed by atoms with van der Waals surface area (Å²) in [5, 5.41) is 0. The van der Waals surface area contributed by atoms with Gasteiger partial charge < -0.3 is 4.74 Å². The van der Waals surface area contributed by atoms with Crippen molar-refractivity contribution >= 4 is 52.4 Å². The van der Waals surface area contributed by atoms with E-state index in [-0.39, 0.29) is 11.5 Å². The van der Waals surface area contributed by atoms with Gasteiger partial charge in [0.05, 0.1) is 11.3 Å². The smallest absolute Gasteiger partial charge is 0.342 e. The third-order valence-electron chi connectivity index (χ3n) is 2.46. The molecule has 0 saturated heterocycles. The van der Waals surface area contributed by atoms with E-state index in [2.05, 4.69) is 0 Å². The zero-order chi connectivity index (χ0) is 13.5. The highest BCUT2D eigenvalue weighted by Crippen LogP contribution is 2.40. The number of para-hydroxylation sites is 1. The van der Waals surface area contributed by atoms with Crippen molar-refractivity contribution in [3.63, 3.8) is 0 Å². The molecule has 1 heterocycles. The van der Waals surface area contributed by atoms with E-state index >= 15 is 0 Å². The van der Waals surface area contributed by atoms with Crippen LogP contribution in [0.5, 0.6) is 0 Å². The second kappa shape index (κ2) is 4.61. The third-order valence-corrected chi connectivity index (χ3v) is 3.02. The molecule has 4 nitrogen and oxygen atoms in total. The molecular weight excluding hydrogens is 300 g/mol. The van der Waals surface area contributed by atoms with E-state index in [4.69, 9.17) is 39.5 Å². The van der Waals surface area contributed by atoms with Gasteiger partial charge >= 0.3 is 5.97 Å². The van der Waals surface area contributed by atoms with Crippen molar-refractivity contribution < 1.29 is 14.3 Å². The number of carbonyl (C=O) groups excluding carboxylic acids is 2. The number of fused-ring (bicyclic) bond motifs is 1. The Labute approximate surface area is 118 Å². The van der Waals surface area contributed by atoms with Crippen LogP contribution in [0.1, 0.15) is 17.3 Å². The van der Waals surface area contributed by atoms with E-state index in [9.17, 15) is 9.59 Å². The highest BCUT2D eigenvalue weighted by Gasteiger charge is 2.46. The third kappa shape index (κ3) is 2.28. The molecule has 18 heavy (non-hydrogen) atoms. The molecule has 0 N–H and O–H groups in total. The normalized spacial score (nSPS) is 19.2. The molecule has 2 rings (SSSR count). The maximum Gasteiger partial charge on any atom is 0.342 e. The van der Waals surface area contributed by atoms with Crippen LogP contribution >= 0.6 is 34.8 Å². The molecule has 1 amide bonds. The molecule has 1 aliphatic heterocycles. The molecule has 0 fully saturated rings. The van der Waals surface area contributed by atoms with E-state index < -0.39 is 16.0 Å². The molecular formula is C11H8Cl3NO3. The Balaban J connectivity index is 2.58. The number of amides is 1. The van der Waals surface area contributed by atoms with Gasteiger partial charge in [0.25, 0.3) is 0 Å². The summed E-state index contributed by atoms with van der Waals surface area (Å²) in [4.78, 5) is 24.6. The summed E-state index contributed by atoms with van der Waals surface area (Å²) in [7, 11) is 0. The maximum atomic E-state index is 11.8. The number of esters is 1. The molecule has 0 unspecified atom stereocenters. The van der Waals surface area contributed by atoms with Crippen LogP contribution < -0.4 is 4.90 Å². The predicted molar refractivity (Wildman–Crippen MR) is 69.1 cm³/mol. The molecule has 0 radical (unpaired) electrons. The van der Waals surface area contributed by atoms with Crippen LogP contribution in [0, 0.1) is 0 Å². The fraction of sp³-hybridized carbons (Fsp3) is 0.273. The molecule has 0 spiro atoms. The summed E-state index contributed by atoms with van der Waals surface area (Å²) in [6, 6.07) is 6.49. The Morgan fingerprint density at radius 1 is 1.33 bits per heavy atom. The molecule has 1 aromatic rings. The Morgan fingerprint density at radius 3 is 2.50 bits per heavy atom. The number of carbonyl (C=O) groups is 2. The molecule has 0 saturated carbocycles. The van der Waals surface area contributed by atoms with Crippen LogP contribution in [0.15, 0.2) is 24.3 Å². The highest BCUT2D eigenvalue weighted by atomic mass is 35.6. The van der Waals surface area contributed by atoms with Crippen molar-refractivity contribution in [3.8, 4) is 0 Å². The van der Waals surface area contributed by atoms with E-state index in [0.29, 0.717) is 5.69 Å². The fourth-order valence-electron chi connectivity index (χ4n) is 1.75. The van der Waals surface area contributed by atoms with Crippen LogP contribution in [0.2, 0.25) is 0 Å². The standard InChI is InChI=1S/C11H8Cl3NO3/c1-6(16)15-8-5-3-2-4-7(8)9(17)18-10(15)11(12,13)14/h2-5,10H,1H3/t10-/m0/s1. The van der Waals surface area contributed by atoms with Gasteiger partial charge in [0.2, 0.25) is 15.9 Å². The summed E-state index contributed by atoms with van der Waals surface area (Å²) in [6.45, 7) is 1.30. The topological polar surface area (TPSA) is 46.6 Å². The van der Waals surface area contributed by atoms with Crippen molar-refractivity contribution in [2.24, 2.45) is 0 Å². The number of nitrogens with zero attached hydrogens (tertiary/aromatic N) is 1. The van der Waals surface area contributed by atoms with Crippen LogP contribution in [0.3, 0.4) is 0 Å². The van der Waals surface area contributed by atoms with Gasteiger partial charge in [-0.2, -0.15) is 0 Å². The van der Waals surface area contributed by atoms with Crippen LogP contribution in [0.25, 0.3) is 0 Å². The molecule has 1 aromatic carbocycles. The fourth-order valence-corrected chi connectivity index (χ4v) is 2.17. The van der Waals surface area contributed by atoms with Gasteiger partial charge in [0.15, 0.2) is 0 Å². The predicted octanol–water partition coefficient (Wildman–Crippen LogP) is 2.91. The molecule has 7 heteroatoms. The molecule has 1 aliphatic rings. The summed E-state index contributed by atoms with van der Waals surface area (Å²) < 4.78 is 3.10. The van der Waals surface area contributed by atoms with Gasteiger partial charge in [-0.1, -0.05) is 46.9 Å². The van der Waals surface area contributed by atoms with E-state index in [1.54, 1.807) is 24.3 Å². The summed E-state index contributed by atoms with van der Waals surface area (Å²) >= 11 is 17.2. The van der Waals surface area contributed by atoms with Crippen molar-refractivity contribution in [1.29, 1.82) is 0 Å². The first-order valence-electron chi connectivity index (χ1n) is 4.99. The number of ether oxygens (including phenoxy) is 1. The molecule has 1 atom stereocenters. The number of cyclic esters (lactones) is 1. The lowest BCUT2D eigenvalue weighted by Crippen LogP contribution is -2.52. The SMILES string of the molecule is CC(=O)N1c2ccccc2C(=O)O[C@H]1C(Cl)(Cl)Cl. The van der Waals surface area contributed by atoms with E-state index in [1.807, 2.05) is 0 Å². The Kier molecular flexibility index (Phi) is 3.45. The van der Waals surface area contributed by atoms with Crippen molar-refractivity contribution in [3.05, 3.63) is 29.8 Å². The van der Waals surface area contributed by atoms with Crippen molar-refractivity contribution in [2.75, 3.05) is 4.90 Å². The van der Waals surface area contributed by atoms with E-state index in [0.717, 1.165) is 4.90 Å². The number of anilines is 1. The van der Waals surface area contributed by atoms with Gasteiger partial charge in [-0.25, -0.2) is 4.79 Å². The highest BCUT2D eigenvalue weighted by molar-refractivity contribution is 6.68. The van der Waals surface area contributed by atoms with Crippen LogP contribution in [-0.4, -0.2) is 21.9 Å². The number of benzene rings is 1. The monoisotopic (exact) mass is 307 g/mol. The van der Waals surface area contributed by atoms with Gasteiger partial charge in [-0.05, 0) is 12.1 Å². The zero-order valence-electron chi connectivity index (χ0n) is 9.19. The number of hydrogen-bond acceptors (Lipinski definition) is 3. The van der Waals surface area contributed by atoms with Crippen LogP contribution in [-0.2, 0) is 9.53 Å². The summed E-state index contributed by atoms with van der Waals surface area (Å²) in [5.41, 5.74) is 0.635. The number of rotatable bonds is 0. The number of alkyl halides is 3. The van der Waals surface area contributed by atoms with Crippen molar-refractivity contribution in [1.82, 2.24) is 0 Å². The van der Waals surface area contributed by atoms with Gasteiger partial charge in [0.1, 0.15) is 0 Å². The van der Waals surface area contributed by atoms with Gasteiger partial charge in [-0.3, -0.25) is 9.69 Å². The summed E-state index contributed by atoms with van der Waals surface area (Å²) in [5.74, 6) is -1.01. The Hall–Kier alpha value is -0.970. The molecule has 0 bridgehead atoms. The largest absolute Gasteiger partial charge is 0.433 e. The maximum absolute atomic E-state index is 11.8. The first kappa shape index (κ1) is 13.5. The lowest BCUT2D eigenvalue weighted by atomic mass is 10.1. The molecule has 0 aliphatic carbocycles. The minimum absolute atomic E-state index is 0.262. The van der Waals surface area contributed by atoms with Crippen molar-refractivity contribution in [2.45, 2.75) is 16.9 Å². The zero-order valence-corrected chi connectivity index (χ0v) is 11.5. The van der Waals surface area contributed by atoms with Gasteiger partial charge in [0, 0.05) is 6.92 Å². The second-order valence-electron chi connectivity index (χ2n) is 3.71. The first-order chi connectivity index (χ1) is 8.32. The first-order valence-corrected chi connectivity index (χ1v) is 6.12. The molecule has 96 valence electrons. The van der Waals surface area contributed by atoms with Gasteiger partial charge in [-0.15, -0.1) is 0 Å². The average molecular weight is 309 g/mol. The quantitative estimate of drug-likeness (QED) is 0.547. The Bertz CT molecular complexity index is 513. The minimum atomic E-state index is -1.92. The second-order valence-corrected chi connectivity index (χ2v) is 6.07. The lowest BCUT2D eigenvalue weighted by Gasteiger charge is -2.38. The minimum Gasteiger partial charge on any atom is -0.433 e. The van der Waals surface area contributed by atoms with E-state index in [1.165, 1.54) is 6.92 Å². The Morgan fingerprint density at radius 2 is 1.94 bits per heavy atom. The number of hydrogen-bond donors (Lipinski definition) is 0. The average Bonchev–Trinajstić information content (AvgIpc) is 2.27. The summed E-state index contributed by atoms with van der Waals surface area (Å²) in [6.07, 6.45) is -1.28.